The van der Waals surface area contributed by atoms with Gasteiger partial charge in [-0.3, -0.25) is 0 Å². The Hall–Kier alpha value is -2.66. The van der Waals surface area contributed by atoms with Crippen molar-refractivity contribution in [3.05, 3.63) is 84.7 Å². The van der Waals surface area contributed by atoms with Crippen molar-refractivity contribution in [3.8, 4) is 11.5 Å². The normalized spacial score (nSPS) is 13.1. The predicted molar refractivity (Wildman–Crippen MR) is 116 cm³/mol. The van der Waals surface area contributed by atoms with Crippen LogP contribution in [-0.4, -0.2) is 15.4 Å². The first-order valence-corrected chi connectivity index (χ1v) is 12.2. The number of hydrogen-bond acceptors (Lipinski definition) is 4. The van der Waals surface area contributed by atoms with E-state index in [0.717, 1.165) is 5.75 Å². The molecule has 0 atom stereocenters. The van der Waals surface area contributed by atoms with E-state index in [4.69, 9.17) is 18.6 Å². The minimum Gasteiger partial charge on any atom is -0.539 e. The highest BCUT2D eigenvalue weighted by atomic mass is 28.4. The van der Waals surface area contributed by atoms with Gasteiger partial charge in [-0.25, -0.2) is 0 Å². The Kier molecular flexibility index (Phi) is 7.35. The average molecular weight is 399 g/mol. The molecule has 0 saturated heterocycles. The van der Waals surface area contributed by atoms with Crippen LogP contribution in [0, 0.1) is 0 Å². The number of benzene rings is 2. The van der Waals surface area contributed by atoms with E-state index in [0.29, 0.717) is 17.3 Å². The van der Waals surface area contributed by atoms with Crippen molar-refractivity contribution in [2.45, 2.75) is 38.9 Å². The van der Waals surface area contributed by atoms with Crippen molar-refractivity contribution in [2.24, 2.45) is 0 Å². The second-order valence-electron chi connectivity index (χ2n) is 7.91. The Bertz CT molecular complexity index is 790. The Morgan fingerprint density at radius 2 is 1.32 bits per heavy atom. The molecule has 0 spiro atoms. The molecule has 0 amide bonds. The molecule has 0 aliphatic heterocycles. The fourth-order valence-corrected chi connectivity index (χ4v) is 3.04. The highest BCUT2D eigenvalue weighted by Crippen LogP contribution is 2.39. The van der Waals surface area contributed by atoms with Crippen LogP contribution in [0.5, 0.6) is 11.5 Å². The minimum absolute atomic E-state index is 0.0176. The van der Waals surface area contributed by atoms with Gasteiger partial charge in [-0.05, 0) is 42.4 Å². The molecular formula is C23H30O4Si. The summed E-state index contributed by atoms with van der Waals surface area (Å²) in [6.07, 6.45) is 3.12. The van der Waals surface area contributed by atoms with Crippen molar-refractivity contribution < 1.29 is 18.6 Å². The van der Waals surface area contributed by atoms with Gasteiger partial charge in [-0.15, -0.1) is 0 Å². The van der Waals surface area contributed by atoms with Gasteiger partial charge >= 0.3 is 0 Å². The van der Waals surface area contributed by atoms with Crippen LogP contribution >= 0.6 is 0 Å². The molecule has 2 aromatic carbocycles. The summed E-state index contributed by atoms with van der Waals surface area (Å²) in [6.45, 7) is 10.9. The van der Waals surface area contributed by atoms with E-state index in [9.17, 15) is 0 Å². The molecule has 2 aromatic rings. The van der Waals surface area contributed by atoms with Gasteiger partial charge in [0.1, 0.15) is 24.0 Å². The number of para-hydroxylation sites is 2. The zero-order valence-electron chi connectivity index (χ0n) is 17.6. The van der Waals surface area contributed by atoms with Crippen LogP contribution in [0.1, 0.15) is 20.8 Å². The Morgan fingerprint density at radius 1 is 0.786 bits per heavy atom. The molecule has 0 radical (unpaired) electrons. The van der Waals surface area contributed by atoms with Crippen molar-refractivity contribution in [3.63, 3.8) is 0 Å². The molecule has 0 saturated carbocycles. The Morgan fingerprint density at radius 3 is 1.82 bits per heavy atom. The summed E-state index contributed by atoms with van der Waals surface area (Å²) in [5, 5.41) is 0.0176. The van der Waals surface area contributed by atoms with Crippen molar-refractivity contribution in [1.82, 2.24) is 0 Å². The van der Waals surface area contributed by atoms with Crippen LogP contribution in [0.25, 0.3) is 0 Å². The van der Waals surface area contributed by atoms with Gasteiger partial charge in [0.05, 0.1) is 7.11 Å². The van der Waals surface area contributed by atoms with Gasteiger partial charge in [-0.1, -0.05) is 57.2 Å². The van der Waals surface area contributed by atoms with E-state index in [2.05, 4.69) is 33.9 Å². The largest absolute Gasteiger partial charge is 0.539 e. The number of rotatable bonds is 8. The molecule has 0 N–H and O–H groups in total. The summed E-state index contributed by atoms with van der Waals surface area (Å²) in [7, 11) is -0.560. The van der Waals surface area contributed by atoms with Crippen LogP contribution in [0.3, 0.4) is 0 Å². The van der Waals surface area contributed by atoms with Gasteiger partial charge in [0, 0.05) is 0 Å². The summed E-state index contributed by atoms with van der Waals surface area (Å²) < 4.78 is 23.7. The summed E-state index contributed by atoms with van der Waals surface area (Å²) in [5.74, 6) is 2.36. The van der Waals surface area contributed by atoms with Crippen LogP contribution in [0.15, 0.2) is 84.7 Å². The summed E-state index contributed by atoms with van der Waals surface area (Å²) in [4.78, 5) is 0. The molecule has 2 rings (SSSR count). The lowest BCUT2D eigenvalue weighted by Gasteiger charge is -2.37. The van der Waals surface area contributed by atoms with Crippen molar-refractivity contribution >= 4 is 8.32 Å². The molecule has 0 aliphatic carbocycles. The van der Waals surface area contributed by atoms with Gasteiger partial charge in [0.15, 0.2) is 5.76 Å². The highest BCUT2D eigenvalue weighted by Gasteiger charge is 2.40. The van der Waals surface area contributed by atoms with E-state index in [-0.39, 0.29) is 5.04 Å². The van der Waals surface area contributed by atoms with Gasteiger partial charge in [-0.2, -0.15) is 0 Å². The SMILES string of the molecule is CO/C=C(Oc1ccccc1)/C(=C/Oc1ccccc1)O[Si](C)(C)C(C)(C)C. The third-order valence-electron chi connectivity index (χ3n) is 4.66. The van der Waals surface area contributed by atoms with Crippen LogP contribution in [0.4, 0.5) is 0 Å². The molecule has 0 aliphatic rings. The quantitative estimate of drug-likeness (QED) is 0.289. The first-order valence-electron chi connectivity index (χ1n) is 9.30. The zero-order valence-corrected chi connectivity index (χ0v) is 18.6. The molecule has 0 bridgehead atoms. The van der Waals surface area contributed by atoms with E-state index in [1.54, 1.807) is 13.4 Å². The lowest BCUT2D eigenvalue weighted by atomic mass is 10.2. The molecule has 4 nitrogen and oxygen atoms in total. The maximum Gasteiger partial charge on any atom is 0.250 e. The zero-order chi connectivity index (χ0) is 20.6. The minimum atomic E-state index is -2.14. The highest BCUT2D eigenvalue weighted by molar-refractivity contribution is 6.74. The topological polar surface area (TPSA) is 36.9 Å². The third-order valence-corrected chi connectivity index (χ3v) is 9.00. The molecule has 150 valence electrons. The van der Waals surface area contributed by atoms with E-state index in [1.165, 1.54) is 6.26 Å². The molecular weight excluding hydrogens is 368 g/mol. The summed E-state index contributed by atoms with van der Waals surface area (Å²) in [6, 6.07) is 19.1. The predicted octanol–water partition coefficient (Wildman–Crippen LogP) is 6.50. The van der Waals surface area contributed by atoms with Crippen LogP contribution < -0.4 is 9.47 Å². The standard InChI is InChI=1S/C23H30O4Si/c1-23(2,3)28(5,6)27-22(18-25-19-13-9-7-10-14-19)21(17-24-4)26-20-15-11-8-12-16-20/h7-18H,1-6H3/b21-17-,22-18-. The van der Waals surface area contributed by atoms with Crippen LogP contribution in [0.2, 0.25) is 18.1 Å². The second kappa shape index (κ2) is 9.51. The van der Waals surface area contributed by atoms with E-state index < -0.39 is 8.32 Å². The number of ether oxygens (including phenoxy) is 3. The van der Waals surface area contributed by atoms with Gasteiger partial charge in [0.2, 0.25) is 5.76 Å². The monoisotopic (exact) mass is 398 g/mol. The first-order chi connectivity index (χ1) is 13.2. The molecule has 0 fully saturated rings. The maximum absolute atomic E-state index is 6.51. The summed E-state index contributed by atoms with van der Waals surface area (Å²) in [5.41, 5.74) is 0. The molecule has 0 unspecified atom stereocenters. The number of methoxy groups -OCH3 is 1. The van der Waals surface area contributed by atoms with Crippen molar-refractivity contribution in [2.75, 3.05) is 7.11 Å². The molecule has 28 heavy (non-hydrogen) atoms. The van der Waals surface area contributed by atoms with Gasteiger partial charge < -0.3 is 18.6 Å². The lowest BCUT2D eigenvalue weighted by molar-refractivity contribution is 0.272. The van der Waals surface area contributed by atoms with E-state index in [1.807, 2.05) is 60.7 Å². The van der Waals surface area contributed by atoms with Crippen LogP contribution in [-0.2, 0) is 9.16 Å². The lowest BCUT2D eigenvalue weighted by Crippen LogP contribution is -2.41. The first kappa shape index (κ1) is 21.6. The maximum atomic E-state index is 6.51. The molecule has 0 heterocycles. The number of hydrogen-bond donors (Lipinski definition) is 0. The summed E-state index contributed by atoms with van der Waals surface area (Å²) >= 11 is 0. The van der Waals surface area contributed by atoms with Crippen molar-refractivity contribution in [1.29, 1.82) is 0 Å². The fraction of sp³-hybridized carbons (Fsp3) is 0.304. The average Bonchev–Trinajstić information content (AvgIpc) is 2.65. The fourth-order valence-electron chi connectivity index (χ4n) is 2.04. The second-order valence-corrected chi connectivity index (χ2v) is 12.6. The smallest absolute Gasteiger partial charge is 0.250 e. The molecule has 5 heteroatoms. The Balaban J connectivity index is 2.37. The van der Waals surface area contributed by atoms with E-state index >= 15 is 0 Å². The third kappa shape index (κ3) is 6.20. The van der Waals surface area contributed by atoms with Gasteiger partial charge in [0.25, 0.3) is 8.32 Å². The Labute approximate surface area is 169 Å². The molecule has 0 aromatic heterocycles.